The molecule has 4 heteroatoms. The van der Waals surface area contributed by atoms with E-state index in [4.69, 9.17) is 5.73 Å². The lowest BCUT2D eigenvalue weighted by Crippen LogP contribution is -2.15. The predicted molar refractivity (Wildman–Crippen MR) is 68.3 cm³/mol. The van der Waals surface area contributed by atoms with Gasteiger partial charge in [0, 0.05) is 6.07 Å². The molecule has 0 aliphatic carbocycles. The zero-order valence-electron chi connectivity index (χ0n) is 10.7. The van der Waals surface area contributed by atoms with E-state index in [9.17, 15) is 13.2 Å². The van der Waals surface area contributed by atoms with Gasteiger partial charge >= 0.3 is 0 Å². The van der Waals surface area contributed by atoms with Crippen molar-refractivity contribution in [2.45, 2.75) is 19.9 Å². The van der Waals surface area contributed by atoms with Gasteiger partial charge in [-0.25, -0.2) is 13.2 Å². The van der Waals surface area contributed by atoms with Crippen LogP contribution in [0.3, 0.4) is 0 Å². The molecule has 0 heterocycles. The summed E-state index contributed by atoms with van der Waals surface area (Å²) in [5.74, 6) is -1.71. The van der Waals surface area contributed by atoms with Crippen molar-refractivity contribution in [3.8, 4) is 0 Å². The lowest BCUT2D eigenvalue weighted by molar-refractivity contribution is 0.577. The highest BCUT2D eigenvalue weighted by molar-refractivity contribution is 5.42. The summed E-state index contributed by atoms with van der Waals surface area (Å²) in [7, 11) is 0. The Labute approximate surface area is 109 Å². The van der Waals surface area contributed by atoms with Gasteiger partial charge in [-0.3, -0.25) is 0 Å². The topological polar surface area (TPSA) is 26.0 Å². The molecule has 0 aromatic heterocycles. The Bertz CT molecular complexity index is 580. The van der Waals surface area contributed by atoms with Crippen molar-refractivity contribution in [3.05, 3.63) is 70.0 Å². The van der Waals surface area contributed by atoms with E-state index in [1.807, 2.05) is 0 Å². The number of rotatable bonds is 2. The summed E-state index contributed by atoms with van der Waals surface area (Å²) in [6, 6.07) is 5.20. The van der Waals surface area contributed by atoms with Crippen LogP contribution in [0.25, 0.3) is 0 Å². The zero-order chi connectivity index (χ0) is 14.2. The number of hydrogen-bond acceptors (Lipinski definition) is 1. The molecule has 2 aromatic carbocycles. The molecule has 0 radical (unpaired) electrons. The molecule has 2 aromatic rings. The lowest BCUT2D eigenvalue weighted by Gasteiger charge is -2.18. The molecule has 0 saturated carbocycles. The first kappa shape index (κ1) is 13.6. The highest BCUT2D eigenvalue weighted by atomic mass is 19.1. The van der Waals surface area contributed by atoms with E-state index >= 15 is 0 Å². The summed E-state index contributed by atoms with van der Waals surface area (Å²) in [6.07, 6.45) is 0. The van der Waals surface area contributed by atoms with Crippen molar-refractivity contribution in [1.82, 2.24) is 0 Å². The Morgan fingerprint density at radius 3 is 1.68 bits per heavy atom. The number of halogens is 3. The monoisotopic (exact) mass is 265 g/mol. The summed E-state index contributed by atoms with van der Waals surface area (Å²) in [5.41, 5.74) is 8.39. The van der Waals surface area contributed by atoms with Crippen LogP contribution in [-0.4, -0.2) is 0 Å². The first-order chi connectivity index (χ1) is 8.88. The molecule has 1 unspecified atom stereocenters. The van der Waals surface area contributed by atoms with Crippen molar-refractivity contribution >= 4 is 0 Å². The lowest BCUT2D eigenvalue weighted by atomic mass is 9.92. The van der Waals surface area contributed by atoms with Gasteiger partial charge in [0.05, 0.1) is 6.04 Å². The second-order valence-electron chi connectivity index (χ2n) is 4.63. The quantitative estimate of drug-likeness (QED) is 0.878. The fourth-order valence-electron chi connectivity index (χ4n) is 2.33. The molecule has 2 N–H and O–H groups in total. The van der Waals surface area contributed by atoms with E-state index < -0.39 is 17.7 Å². The summed E-state index contributed by atoms with van der Waals surface area (Å²) >= 11 is 0. The van der Waals surface area contributed by atoms with Crippen LogP contribution in [0.5, 0.6) is 0 Å². The minimum atomic E-state index is -0.689. The Morgan fingerprint density at radius 2 is 1.21 bits per heavy atom. The number of hydrogen-bond donors (Lipinski definition) is 1. The van der Waals surface area contributed by atoms with Gasteiger partial charge in [-0.2, -0.15) is 0 Å². The molecule has 0 aliphatic heterocycles. The first-order valence-electron chi connectivity index (χ1n) is 5.86. The molecule has 1 nitrogen and oxygen atoms in total. The molecule has 2 rings (SSSR count). The zero-order valence-corrected chi connectivity index (χ0v) is 10.7. The Kier molecular flexibility index (Phi) is 3.62. The summed E-state index contributed by atoms with van der Waals surface area (Å²) in [6.45, 7) is 3.45. The van der Waals surface area contributed by atoms with E-state index in [0.29, 0.717) is 22.3 Å². The SMILES string of the molecule is Cc1cc(F)cc(C)c1C(N)c1cc(F)cc(F)c1. The molecule has 0 fully saturated rings. The highest BCUT2D eigenvalue weighted by Crippen LogP contribution is 2.27. The predicted octanol–water partition coefficient (Wildman–Crippen LogP) is 3.77. The molecular weight excluding hydrogens is 251 g/mol. The third-order valence-corrected chi connectivity index (χ3v) is 3.11. The highest BCUT2D eigenvalue weighted by Gasteiger charge is 2.16. The molecule has 0 bridgehead atoms. The van der Waals surface area contributed by atoms with Crippen molar-refractivity contribution in [3.63, 3.8) is 0 Å². The van der Waals surface area contributed by atoms with Crippen molar-refractivity contribution in [2.75, 3.05) is 0 Å². The van der Waals surface area contributed by atoms with E-state index in [2.05, 4.69) is 0 Å². The van der Waals surface area contributed by atoms with Gasteiger partial charge in [0.15, 0.2) is 0 Å². The summed E-state index contributed by atoms with van der Waals surface area (Å²) in [5, 5.41) is 0. The minimum Gasteiger partial charge on any atom is -0.320 e. The Balaban J connectivity index is 2.52. The van der Waals surface area contributed by atoms with Crippen LogP contribution in [-0.2, 0) is 0 Å². The first-order valence-corrected chi connectivity index (χ1v) is 5.86. The Hall–Kier alpha value is -1.81. The van der Waals surface area contributed by atoms with Crippen molar-refractivity contribution in [1.29, 1.82) is 0 Å². The van der Waals surface area contributed by atoms with Gasteiger partial charge in [0.1, 0.15) is 17.5 Å². The van der Waals surface area contributed by atoms with Gasteiger partial charge in [0.25, 0.3) is 0 Å². The van der Waals surface area contributed by atoms with Gasteiger partial charge < -0.3 is 5.73 Å². The van der Waals surface area contributed by atoms with Crippen LogP contribution >= 0.6 is 0 Å². The normalized spacial score (nSPS) is 12.5. The maximum atomic E-state index is 13.2. The molecule has 0 aliphatic rings. The smallest absolute Gasteiger partial charge is 0.126 e. The van der Waals surface area contributed by atoms with Gasteiger partial charge in [-0.15, -0.1) is 0 Å². The fraction of sp³-hybridized carbons (Fsp3) is 0.200. The molecule has 0 spiro atoms. The van der Waals surface area contributed by atoms with E-state index in [0.717, 1.165) is 6.07 Å². The average Bonchev–Trinajstić information content (AvgIpc) is 2.25. The fourth-order valence-corrected chi connectivity index (χ4v) is 2.33. The van der Waals surface area contributed by atoms with Crippen LogP contribution in [0.1, 0.15) is 28.3 Å². The van der Waals surface area contributed by atoms with Crippen LogP contribution < -0.4 is 5.73 Å². The number of aryl methyl sites for hydroxylation is 2. The van der Waals surface area contributed by atoms with E-state index in [1.54, 1.807) is 13.8 Å². The molecule has 0 amide bonds. The summed E-state index contributed by atoms with van der Waals surface area (Å²) < 4.78 is 39.7. The van der Waals surface area contributed by atoms with Gasteiger partial charge in [-0.1, -0.05) is 0 Å². The molecule has 1 atom stereocenters. The van der Waals surface area contributed by atoms with Crippen molar-refractivity contribution in [2.24, 2.45) is 5.73 Å². The molecule has 100 valence electrons. The largest absolute Gasteiger partial charge is 0.320 e. The van der Waals surface area contributed by atoms with Gasteiger partial charge in [0.2, 0.25) is 0 Å². The van der Waals surface area contributed by atoms with E-state index in [-0.39, 0.29) is 5.82 Å². The minimum absolute atomic E-state index is 0.329. The number of nitrogens with two attached hydrogens (primary N) is 1. The number of benzene rings is 2. The summed E-state index contributed by atoms with van der Waals surface area (Å²) in [4.78, 5) is 0. The van der Waals surface area contributed by atoms with Crippen molar-refractivity contribution < 1.29 is 13.2 Å². The molecule has 19 heavy (non-hydrogen) atoms. The van der Waals surface area contributed by atoms with Crippen LogP contribution in [0.15, 0.2) is 30.3 Å². The maximum absolute atomic E-state index is 13.2. The molecule has 0 saturated heterocycles. The maximum Gasteiger partial charge on any atom is 0.126 e. The second-order valence-corrected chi connectivity index (χ2v) is 4.63. The van der Waals surface area contributed by atoms with Crippen LogP contribution in [0, 0.1) is 31.3 Å². The second kappa shape index (κ2) is 5.05. The average molecular weight is 265 g/mol. The van der Waals surface area contributed by atoms with E-state index in [1.165, 1.54) is 24.3 Å². The van der Waals surface area contributed by atoms with Crippen LogP contribution in [0.4, 0.5) is 13.2 Å². The van der Waals surface area contributed by atoms with Crippen LogP contribution in [0.2, 0.25) is 0 Å². The third-order valence-electron chi connectivity index (χ3n) is 3.11. The third kappa shape index (κ3) is 2.79. The Morgan fingerprint density at radius 1 is 0.789 bits per heavy atom. The molecular formula is C15H14F3N. The van der Waals surface area contributed by atoms with Gasteiger partial charge in [-0.05, 0) is 60.4 Å². The standard InChI is InChI=1S/C15H14F3N/c1-8-3-11(16)4-9(2)14(8)15(19)10-5-12(17)7-13(18)6-10/h3-7,15H,19H2,1-2H3.